The number of fused-ring (bicyclic) bond motifs is 3. The molecule has 1 aliphatic heterocycles. The molecule has 1 spiro atoms. The highest BCUT2D eigenvalue weighted by molar-refractivity contribution is 5.76. The van der Waals surface area contributed by atoms with E-state index in [1.165, 1.54) is 62.9 Å². The van der Waals surface area contributed by atoms with Crippen LogP contribution in [0.15, 0.2) is 42.5 Å². The summed E-state index contributed by atoms with van der Waals surface area (Å²) in [6.07, 6.45) is 7.92. The van der Waals surface area contributed by atoms with E-state index in [0.717, 1.165) is 17.8 Å². The minimum absolute atomic E-state index is 0.214. The average Bonchev–Trinajstić information content (AvgIpc) is 3.41. The first kappa shape index (κ1) is 16.1. The lowest BCUT2D eigenvalue weighted by atomic mass is 9.65. The molecule has 1 heterocycles. The van der Waals surface area contributed by atoms with E-state index >= 15 is 0 Å². The summed E-state index contributed by atoms with van der Waals surface area (Å²) in [6.45, 7) is 3.63. The van der Waals surface area contributed by atoms with Gasteiger partial charge in [0.1, 0.15) is 6.29 Å². The van der Waals surface area contributed by atoms with Crippen molar-refractivity contribution < 1.29 is 4.79 Å². The van der Waals surface area contributed by atoms with Crippen molar-refractivity contribution in [3.05, 3.63) is 70.3 Å². The molecule has 1 saturated heterocycles. The lowest BCUT2D eigenvalue weighted by molar-refractivity contribution is 0.112. The maximum atomic E-state index is 11.5. The molecule has 1 saturated carbocycles. The van der Waals surface area contributed by atoms with E-state index in [1.54, 1.807) is 11.1 Å². The molecule has 27 heavy (non-hydrogen) atoms. The monoisotopic (exact) mass is 357 g/mol. The molecule has 2 aromatic carbocycles. The van der Waals surface area contributed by atoms with Crippen LogP contribution in [0.2, 0.25) is 0 Å². The summed E-state index contributed by atoms with van der Waals surface area (Å²) in [5.74, 6) is 1.99. The lowest BCUT2D eigenvalue weighted by Crippen LogP contribution is -2.35. The summed E-state index contributed by atoms with van der Waals surface area (Å²) in [6, 6.07) is 15.6. The number of carbonyl (C=O) groups is 1. The molecule has 3 atom stereocenters. The lowest BCUT2D eigenvalue weighted by Gasteiger charge is -2.37. The van der Waals surface area contributed by atoms with Crippen molar-refractivity contribution in [2.24, 2.45) is 5.92 Å². The molecule has 0 amide bonds. The molecule has 2 bridgehead atoms. The predicted octanol–water partition coefficient (Wildman–Crippen LogP) is 4.88. The first-order chi connectivity index (χ1) is 13.3. The van der Waals surface area contributed by atoms with E-state index in [2.05, 4.69) is 41.3 Å². The Labute approximate surface area is 161 Å². The molecule has 0 radical (unpaired) electrons. The van der Waals surface area contributed by atoms with Crippen molar-refractivity contribution in [2.45, 2.75) is 49.4 Å². The molecule has 2 nitrogen and oxygen atoms in total. The Morgan fingerprint density at radius 3 is 2.67 bits per heavy atom. The van der Waals surface area contributed by atoms with Crippen molar-refractivity contribution >= 4 is 6.29 Å². The van der Waals surface area contributed by atoms with E-state index in [9.17, 15) is 4.79 Å². The minimum atomic E-state index is 0.214. The molecule has 2 aromatic rings. The zero-order valence-corrected chi connectivity index (χ0v) is 15.9. The van der Waals surface area contributed by atoms with E-state index in [1.807, 2.05) is 6.07 Å². The highest BCUT2D eigenvalue weighted by Gasteiger charge is 2.58. The summed E-state index contributed by atoms with van der Waals surface area (Å²) in [4.78, 5) is 14.3. The number of rotatable bonds is 3. The van der Waals surface area contributed by atoms with E-state index in [-0.39, 0.29) is 5.41 Å². The molecule has 3 aliphatic carbocycles. The van der Waals surface area contributed by atoms with Gasteiger partial charge in [0.05, 0.1) is 0 Å². The van der Waals surface area contributed by atoms with E-state index in [0.29, 0.717) is 11.8 Å². The number of benzene rings is 2. The van der Waals surface area contributed by atoms with Crippen molar-refractivity contribution in [1.29, 1.82) is 0 Å². The number of aldehydes is 1. The number of carbonyl (C=O) groups excluding carboxylic acids is 1. The number of likely N-dealkylation sites (tertiary alicyclic amines) is 1. The van der Waals surface area contributed by atoms with Crippen LogP contribution >= 0.6 is 0 Å². The van der Waals surface area contributed by atoms with Gasteiger partial charge in [0, 0.05) is 42.4 Å². The van der Waals surface area contributed by atoms with Gasteiger partial charge in [-0.3, -0.25) is 4.79 Å². The van der Waals surface area contributed by atoms with Crippen molar-refractivity contribution in [1.82, 2.24) is 4.90 Å². The van der Waals surface area contributed by atoms with Crippen LogP contribution in [-0.2, 0) is 5.41 Å². The van der Waals surface area contributed by atoms with Gasteiger partial charge in [0.2, 0.25) is 0 Å². The zero-order chi connectivity index (χ0) is 18.0. The third-order valence-electron chi connectivity index (χ3n) is 8.05. The predicted molar refractivity (Wildman–Crippen MR) is 108 cm³/mol. The van der Waals surface area contributed by atoms with Gasteiger partial charge in [0.25, 0.3) is 0 Å². The summed E-state index contributed by atoms with van der Waals surface area (Å²) >= 11 is 0. The van der Waals surface area contributed by atoms with Crippen LogP contribution in [0.4, 0.5) is 0 Å². The molecular formula is C25H27NO. The third-order valence-corrected chi connectivity index (χ3v) is 8.05. The Morgan fingerprint density at radius 1 is 1.04 bits per heavy atom. The van der Waals surface area contributed by atoms with Gasteiger partial charge in [-0.1, -0.05) is 49.2 Å². The van der Waals surface area contributed by atoms with E-state index < -0.39 is 0 Å². The summed E-state index contributed by atoms with van der Waals surface area (Å²) in [5, 5.41) is 0. The van der Waals surface area contributed by atoms with Gasteiger partial charge < -0.3 is 4.90 Å². The van der Waals surface area contributed by atoms with Crippen LogP contribution in [0.1, 0.15) is 76.6 Å². The van der Waals surface area contributed by atoms with Crippen molar-refractivity contribution in [3.63, 3.8) is 0 Å². The summed E-state index contributed by atoms with van der Waals surface area (Å²) in [7, 11) is 0. The number of hydrogen-bond donors (Lipinski definition) is 0. The van der Waals surface area contributed by atoms with Crippen LogP contribution in [0, 0.1) is 5.92 Å². The number of nitrogens with zero attached hydrogens (tertiary/aromatic N) is 1. The van der Waals surface area contributed by atoms with Crippen LogP contribution in [0.5, 0.6) is 0 Å². The fourth-order valence-electron chi connectivity index (χ4n) is 6.97. The van der Waals surface area contributed by atoms with Crippen molar-refractivity contribution in [3.8, 4) is 0 Å². The van der Waals surface area contributed by atoms with Gasteiger partial charge >= 0.3 is 0 Å². The quantitative estimate of drug-likeness (QED) is 0.730. The first-order valence-corrected chi connectivity index (χ1v) is 10.7. The van der Waals surface area contributed by atoms with E-state index in [4.69, 9.17) is 0 Å². The molecule has 6 rings (SSSR count). The van der Waals surface area contributed by atoms with Gasteiger partial charge in [-0.05, 0) is 53.5 Å². The maximum Gasteiger partial charge on any atom is 0.150 e. The maximum absolute atomic E-state index is 11.5. The SMILES string of the molecule is O=Cc1ccc2c(c1)C13CC2c2ccccc2C1CN(CC1CCCC1)C3. The second-order valence-electron chi connectivity index (χ2n) is 9.40. The van der Waals surface area contributed by atoms with Gasteiger partial charge in [-0.25, -0.2) is 0 Å². The third kappa shape index (κ3) is 2.20. The topological polar surface area (TPSA) is 20.3 Å². The second kappa shape index (κ2) is 5.78. The number of hydrogen-bond acceptors (Lipinski definition) is 2. The van der Waals surface area contributed by atoms with Crippen LogP contribution in [-0.4, -0.2) is 30.8 Å². The highest BCUT2D eigenvalue weighted by Crippen LogP contribution is 2.63. The van der Waals surface area contributed by atoms with Crippen molar-refractivity contribution in [2.75, 3.05) is 19.6 Å². The highest BCUT2D eigenvalue weighted by atomic mass is 16.1. The van der Waals surface area contributed by atoms with Gasteiger partial charge in [-0.15, -0.1) is 0 Å². The molecule has 0 aromatic heterocycles. The molecule has 4 aliphatic rings. The van der Waals surface area contributed by atoms with Crippen LogP contribution < -0.4 is 0 Å². The standard InChI is InChI=1S/C25H27NO/c27-15-18-9-10-21-22-12-25(23(21)11-18)16-26(13-17-5-1-2-6-17)14-24(25)20-8-4-3-7-19(20)22/h3-4,7-11,15,17,22,24H,1-2,5-6,12-14,16H2. The fraction of sp³-hybridized carbons (Fsp3) is 0.480. The minimum Gasteiger partial charge on any atom is -0.302 e. The Kier molecular flexibility index (Phi) is 3.44. The molecule has 2 heteroatoms. The van der Waals surface area contributed by atoms with Gasteiger partial charge in [-0.2, -0.15) is 0 Å². The summed E-state index contributed by atoms with van der Waals surface area (Å²) in [5.41, 5.74) is 7.13. The molecule has 2 fully saturated rings. The first-order valence-electron chi connectivity index (χ1n) is 10.7. The normalized spacial score (nSPS) is 31.6. The van der Waals surface area contributed by atoms with Gasteiger partial charge in [0.15, 0.2) is 0 Å². The summed E-state index contributed by atoms with van der Waals surface area (Å²) < 4.78 is 0. The second-order valence-corrected chi connectivity index (χ2v) is 9.40. The molecular weight excluding hydrogens is 330 g/mol. The molecule has 0 N–H and O–H groups in total. The Bertz CT molecular complexity index is 912. The van der Waals surface area contributed by atoms with Crippen LogP contribution in [0.3, 0.4) is 0 Å². The van der Waals surface area contributed by atoms with Crippen LogP contribution in [0.25, 0.3) is 0 Å². The largest absolute Gasteiger partial charge is 0.302 e. The Morgan fingerprint density at radius 2 is 1.85 bits per heavy atom. The Balaban J connectivity index is 1.47. The zero-order valence-electron chi connectivity index (χ0n) is 15.9. The molecule has 3 unspecified atom stereocenters. The molecule has 138 valence electrons. The Hall–Kier alpha value is -1.93. The smallest absolute Gasteiger partial charge is 0.150 e. The fourth-order valence-corrected chi connectivity index (χ4v) is 6.97. The average molecular weight is 357 g/mol.